The molecule has 2 heterocycles. The van der Waals surface area contributed by atoms with Gasteiger partial charge in [0.1, 0.15) is 12.4 Å². The summed E-state index contributed by atoms with van der Waals surface area (Å²) in [6.07, 6.45) is 1.80. The lowest BCUT2D eigenvalue weighted by atomic mass is 10.2. The first-order valence-corrected chi connectivity index (χ1v) is 5.91. The highest BCUT2D eigenvalue weighted by molar-refractivity contribution is 5.53. The average molecular weight is 255 g/mol. The molecule has 7 nitrogen and oxygen atoms in total. The van der Waals surface area contributed by atoms with Crippen LogP contribution < -0.4 is 5.73 Å². The summed E-state index contributed by atoms with van der Waals surface area (Å²) in [6, 6.07) is 9.80. The van der Waals surface area contributed by atoms with E-state index in [1.807, 2.05) is 30.3 Å². The molecule has 0 saturated heterocycles. The summed E-state index contributed by atoms with van der Waals surface area (Å²) < 4.78 is 1.68. The second-order valence-corrected chi connectivity index (χ2v) is 4.08. The van der Waals surface area contributed by atoms with Crippen molar-refractivity contribution in [2.75, 3.05) is 0 Å². The second-order valence-electron chi connectivity index (χ2n) is 4.08. The summed E-state index contributed by atoms with van der Waals surface area (Å²) in [7, 11) is 0. The van der Waals surface area contributed by atoms with Crippen molar-refractivity contribution in [3.05, 3.63) is 48.0 Å². The Morgan fingerprint density at radius 2 is 2.05 bits per heavy atom. The van der Waals surface area contributed by atoms with E-state index in [1.165, 1.54) is 0 Å². The number of nitrogens with two attached hydrogens (primary N) is 1. The maximum absolute atomic E-state index is 5.49. The third-order valence-corrected chi connectivity index (χ3v) is 2.67. The molecule has 0 fully saturated rings. The molecule has 0 aliphatic rings. The van der Waals surface area contributed by atoms with Gasteiger partial charge in [-0.25, -0.2) is 9.67 Å². The van der Waals surface area contributed by atoms with Crippen LogP contribution in [-0.4, -0.2) is 30.2 Å². The van der Waals surface area contributed by atoms with Gasteiger partial charge >= 0.3 is 0 Å². The van der Waals surface area contributed by atoms with Gasteiger partial charge in [0.05, 0.1) is 11.9 Å². The van der Waals surface area contributed by atoms with Gasteiger partial charge in [-0.2, -0.15) is 5.10 Å². The van der Waals surface area contributed by atoms with Crippen molar-refractivity contribution in [1.82, 2.24) is 30.2 Å². The lowest BCUT2D eigenvalue weighted by Crippen LogP contribution is -2.02. The maximum Gasteiger partial charge on any atom is 0.181 e. The standard InChI is InChI=1S/C12H13N7/c13-6-10-7-19(18-15-10)8-11-14-12(17-16-11)9-4-2-1-3-5-9/h1-5,7H,6,8,13H2,(H,14,16,17). The van der Waals surface area contributed by atoms with Crippen molar-refractivity contribution >= 4 is 0 Å². The summed E-state index contributed by atoms with van der Waals surface area (Å²) in [6.45, 7) is 0.874. The molecule has 0 aliphatic heterocycles. The Kier molecular flexibility index (Phi) is 3.03. The van der Waals surface area contributed by atoms with Gasteiger partial charge in [0.25, 0.3) is 0 Å². The van der Waals surface area contributed by atoms with Crippen LogP contribution in [0.25, 0.3) is 11.4 Å². The molecule has 0 spiro atoms. The summed E-state index contributed by atoms with van der Waals surface area (Å²) >= 11 is 0. The summed E-state index contributed by atoms with van der Waals surface area (Å²) in [5.74, 6) is 1.40. The lowest BCUT2D eigenvalue weighted by Gasteiger charge is -1.94. The third kappa shape index (κ3) is 2.50. The van der Waals surface area contributed by atoms with Crippen LogP contribution in [0.15, 0.2) is 36.5 Å². The molecule has 96 valence electrons. The minimum Gasteiger partial charge on any atom is -0.325 e. The number of aromatic nitrogens is 6. The number of hydrogen-bond acceptors (Lipinski definition) is 5. The molecule has 0 radical (unpaired) electrons. The highest BCUT2D eigenvalue weighted by Gasteiger charge is 2.07. The van der Waals surface area contributed by atoms with Crippen molar-refractivity contribution in [2.24, 2.45) is 5.73 Å². The maximum atomic E-state index is 5.49. The number of hydrogen-bond donors (Lipinski definition) is 2. The zero-order valence-electron chi connectivity index (χ0n) is 10.2. The van der Waals surface area contributed by atoms with E-state index in [0.717, 1.165) is 17.1 Å². The first kappa shape index (κ1) is 11.5. The number of H-pyrrole nitrogens is 1. The summed E-state index contributed by atoms with van der Waals surface area (Å²) in [5, 5.41) is 15.0. The van der Waals surface area contributed by atoms with E-state index in [9.17, 15) is 0 Å². The SMILES string of the molecule is NCc1cn(Cc2nc(-c3ccccc3)n[nH]2)nn1. The number of nitrogens with zero attached hydrogens (tertiary/aromatic N) is 5. The van der Waals surface area contributed by atoms with E-state index in [-0.39, 0.29) is 0 Å². The molecule has 0 bridgehead atoms. The van der Waals surface area contributed by atoms with Gasteiger partial charge in [-0.15, -0.1) is 5.10 Å². The van der Waals surface area contributed by atoms with E-state index in [0.29, 0.717) is 18.9 Å². The Morgan fingerprint density at radius 1 is 1.21 bits per heavy atom. The van der Waals surface area contributed by atoms with Gasteiger partial charge in [-0.3, -0.25) is 5.10 Å². The molecule has 7 heteroatoms. The average Bonchev–Trinajstić information content (AvgIpc) is 3.09. The fraction of sp³-hybridized carbons (Fsp3) is 0.167. The van der Waals surface area contributed by atoms with Gasteiger partial charge in [0.15, 0.2) is 5.82 Å². The zero-order valence-corrected chi connectivity index (χ0v) is 10.2. The molecule has 2 aromatic heterocycles. The number of aromatic amines is 1. The van der Waals surface area contributed by atoms with E-state index in [2.05, 4.69) is 25.5 Å². The first-order valence-electron chi connectivity index (χ1n) is 5.91. The topological polar surface area (TPSA) is 98.3 Å². The molecule has 3 N–H and O–H groups in total. The fourth-order valence-electron chi connectivity index (χ4n) is 1.75. The van der Waals surface area contributed by atoms with E-state index in [4.69, 9.17) is 5.73 Å². The third-order valence-electron chi connectivity index (χ3n) is 2.67. The van der Waals surface area contributed by atoms with Crippen LogP contribution in [0.1, 0.15) is 11.5 Å². The Labute approximate surface area is 109 Å². The predicted molar refractivity (Wildman–Crippen MR) is 68.8 cm³/mol. The molecule has 3 rings (SSSR count). The molecule has 0 amide bonds. The molecule has 19 heavy (non-hydrogen) atoms. The van der Waals surface area contributed by atoms with Crippen LogP contribution in [0.2, 0.25) is 0 Å². The minimum atomic E-state index is 0.381. The van der Waals surface area contributed by atoms with E-state index >= 15 is 0 Å². The van der Waals surface area contributed by atoms with Crippen LogP contribution in [0.4, 0.5) is 0 Å². The fourth-order valence-corrected chi connectivity index (χ4v) is 1.75. The van der Waals surface area contributed by atoms with E-state index < -0.39 is 0 Å². The predicted octanol–water partition coefficient (Wildman–Crippen LogP) is 0.570. The Hall–Kier alpha value is -2.54. The first-order chi connectivity index (χ1) is 9.35. The second kappa shape index (κ2) is 4.99. The summed E-state index contributed by atoms with van der Waals surface area (Å²) in [5.41, 5.74) is 7.22. The smallest absolute Gasteiger partial charge is 0.181 e. The highest BCUT2D eigenvalue weighted by Crippen LogP contribution is 2.13. The van der Waals surface area contributed by atoms with Crippen LogP contribution in [0.3, 0.4) is 0 Å². The number of rotatable bonds is 4. The molecule has 0 atom stereocenters. The zero-order chi connectivity index (χ0) is 13.1. The Bertz CT molecular complexity index is 656. The van der Waals surface area contributed by atoms with Crippen molar-refractivity contribution in [3.8, 4) is 11.4 Å². The van der Waals surface area contributed by atoms with Gasteiger partial charge in [0, 0.05) is 12.1 Å². The molecule has 0 unspecified atom stereocenters. The monoisotopic (exact) mass is 255 g/mol. The number of benzene rings is 1. The van der Waals surface area contributed by atoms with Crippen molar-refractivity contribution in [3.63, 3.8) is 0 Å². The van der Waals surface area contributed by atoms with Crippen LogP contribution >= 0.6 is 0 Å². The van der Waals surface area contributed by atoms with Crippen LogP contribution in [0, 0.1) is 0 Å². The molecular weight excluding hydrogens is 242 g/mol. The van der Waals surface area contributed by atoms with E-state index in [1.54, 1.807) is 10.9 Å². The highest BCUT2D eigenvalue weighted by atomic mass is 15.4. The van der Waals surface area contributed by atoms with Crippen LogP contribution in [-0.2, 0) is 13.1 Å². The van der Waals surface area contributed by atoms with Gasteiger partial charge in [0.2, 0.25) is 0 Å². The molecule has 3 aromatic rings. The minimum absolute atomic E-state index is 0.381. The molecular formula is C12H13N7. The molecule has 0 aliphatic carbocycles. The quantitative estimate of drug-likeness (QED) is 0.710. The molecule has 0 saturated carbocycles. The van der Waals surface area contributed by atoms with Gasteiger partial charge < -0.3 is 5.73 Å². The largest absolute Gasteiger partial charge is 0.325 e. The lowest BCUT2D eigenvalue weighted by molar-refractivity contribution is 0.626. The van der Waals surface area contributed by atoms with Crippen molar-refractivity contribution < 1.29 is 0 Å². The molecule has 1 aromatic carbocycles. The Balaban J connectivity index is 1.78. The van der Waals surface area contributed by atoms with Gasteiger partial charge in [-0.1, -0.05) is 35.5 Å². The summed E-state index contributed by atoms with van der Waals surface area (Å²) in [4.78, 5) is 4.42. The Morgan fingerprint density at radius 3 is 2.79 bits per heavy atom. The van der Waals surface area contributed by atoms with Crippen LogP contribution in [0.5, 0.6) is 0 Å². The number of nitrogens with one attached hydrogen (secondary N) is 1. The van der Waals surface area contributed by atoms with Crippen molar-refractivity contribution in [1.29, 1.82) is 0 Å². The van der Waals surface area contributed by atoms with Crippen molar-refractivity contribution in [2.45, 2.75) is 13.1 Å². The normalized spacial score (nSPS) is 10.8. The van der Waals surface area contributed by atoms with Gasteiger partial charge in [-0.05, 0) is 0 Å².